The van der Waals surface area contributed by atoms with Crippen LogP contribution in [0.25, 0.3) is 0 Å². The van der Waals surface area contributed by atoms with E-state index in [1.807, 2.05) is 12.3 Å². The van der Waals surface area contributed by atoms with Crippen molar-refractivity contribution in [2.45, 2.75) is 64.5 Å². The summed E-state index contributed by atoms with van der Waals surface area (Å²) < 4.78 is 11.6. The van der Waals surface area contributed by atoms with Crippen molar-refractivity contribution >= 4 is 29.9 Å². The Morgan fingerprint density at radius 1 is 1.28 bits per heavy atom. The Kier molecular flexibility index (Phi) is 11.1. The lowest BCUT2D eigenvalue weighted by atomic mass is 9.96. The number of hydrogen-bond acceptors (Lipinski definition) is 4. The quantitative estimate of drug-likeness (QED) is 0.318. The number of guanidine groups is 1. The summed E-state index contributed by atoms with van der Waals surface area (Å²) in [5, 5.41) is 3.42. The van der Waals surface area contributed by atoms with Crippen LogP contribution in [0.15, 0.2) is 23.3 Å². The van der Waals surface area contributed by atoms with E-state index in [9.17, 15) is 0 Å². The van der Waals surface area contributed by atoms with Gasteiger partial charge in [-0.2, -0.15) is 0 Å². The molecule has 1 aromatic rings. The number of aliphatic imine (C=N–C) groups is 1. The molecule has 0 atom stereocenters. The largest absolute Gasteiger partial charge is 0.474 e. The highest BCUT2D eigenvalue weighted by Gasteiger charge is 2.19. The second kappa shape index (κ2) is 13.3. The fourth-order valence-corrected chi connectivity index (χ4v) is 3.96. The van der Waals surface area contributed by atoms with E-state index >= 15 is 0 Å². The second-order valence-electron chi connectivity index (χ2n) is 7.93. The Hall–Kier alpha value is -1.09. The fourth-order valence-electron chi connectivity index (χ4n) is 3.96. The summed E-state index contributed by atoms with van der Waals surface area (Å²) in [6.07, 6.45) is 10.5. The van der Waals surface area contributed by atoms with Crippen LogP contribution in [0.3, 0.4) is 0 Å². The third kappa shape index (κ3) is 7.92. The average molecular weight is 516 g/mol. The molecule has 0 unspecified atom stereocenters. The topological polar surface area (TPSA) is 59.0 Å². The molecule has 0 amide bonds. The first-order valence-corrected chi connectivity index (χ1v) is 10.9. The molecule has 1 aromatic heterocycles. The number of ether oxygens (including phenoxy) is 2. The molecule has 29 heavy (non-hydrogen) atoms. The summed E-state index contributed by atoms with van der Waals surface area (Å²) in [4.78, 5) is 11.6. The van der Waals surface area contributed by atoms with E-state index in [-0.39, 0.29) is 24.0 Å². The monoisotopic (exact) mass is 516 g/mol. The molecular weight excluding hydrogens is 479 g/mol. The van der Waals surface area contributed by atoms with Crippen LogP contribution in [0.5, 0.6) is 5.88 Å². The number of rotatable bonds is 8. The van der Waals surface area contributed by atoms with Crippen molar-refractivity contribution in [1.82, 2.24) is 15.2 Å². The molecule has 1 saturated carbocycles. The van der Waals surface area contributed by atoms with Gasteiger partial charge in [-0.1, -0.05) is 6.07 Å². The molecule has 0 spiro atoms. The lowest BCUT2D eigenvalue weighted by Crippen LogP contribution is -2.40. The minimum absolute atomic E-state index is 0. The average Bonchev–Trinajstić information content (AvgIpc) is 3.24. The SMILES string of the molecule is CCNC(=NCc1cccnc1OC1CCCC1)N(C)CCC1CCOCC1.I. The van der Waals surface area contributed by atoms with Crippen LogP contribution in [-0.4, -0.2) is 55.3 Å². The minimum Gasteiger partial charge on any atom is -0.474 e. The van der Waals surface area contributed by atoms with Crippen LogP contribution in [-0.2, 0) is 11.3 Å². The van der Waals surface area contributed by atoms with Gasteiger partial charge in [0.1, 0.15) is 6.10 Å². The van der Waals surface area contributed by atoms with E-state index in [0.29, 0.717) is 12.6 Å². The molecule has 1 saturated heterocycles. The molecule has 2 heterocycles. The molecule has 1 aliphatic heterocycles. The first-order valence-electron chi connectivity index (χ1n) is 10.9. The first kappa shape index (κ1) is 24.2. The molecular formula is C22H37IN4O2. The van der Waals surface area contributed by atoms with Gasteiger partial charge in [0.15, 0.2) is 5.96 Å². The lowest BCUT2D eigenvalue weighted by molar-refractivity contribution is 0.0625. The standard InChI is InChI=1S/C22H36N4O2.HI/c1-3-23-22(26(2)14-10-18-11-15-27-16-12-18)25-17-19-7-6-13-24-21(19)28-20-8-4-5-9-20;/h6-7,13,18,20H,3-5,8-12,14-17H2,1-2H3,(H,23,25);1H. The molecule has 7 heteroatoms. The van der Waals surface area contributed by atoms with Crippen molar-refractivity contribution in [1.29, 1.82) is 0 Å². The maximum Gasteiger partial charge on any atom is 0.218 e. The van der Waals surface area contributed by atoms with E-state index in [0.717, 1.165) is 62.5 Å². The van der Waals surface area contributed by atoms with Gasteiger partial charge in [-0.05, 0) is 63.9 Å². The summed E-state index contributed by atoms with van der Waals surface area (Å²) in [5.74, 6) is 2.47. The third-order valence-electron chi connectivity index (χ3n) is 5.74. The third-order valence-corrected chi connectivity index (χ3v) is 5.74. The van der Waals surface area contributed by atoms with E-state index in [1.165, 1.54) is 32.1 Å². The van der Waals surface area contributed by atoms with Gasteiger partial charge in [0, 0.05) is 45.1 Å². The second-order valence-corrected chi connectivity index (χ2v) is 7.93. The fraction of sp³-hybridized carbons (Fsp3) is 0.727. The first-order chi connectivity index (χ1) is 13.8. The Morgan fingerprint density at radius 2 is 2.03 bits per heavy atom. The molecule has 6 nitrogen and oxygen atoms in total. The van der Waals surface area contributed by atoms with E-state index in [2.05, 4.69) is 35.2 Å². The van der Waals surface area contributed by atoms with Gasteiger partial charge in [-0.3, -0.25) is 0 Å². The minimum atomic E-state index is 0. The molecule has 2 fully saturated rings. The predicted molar refractivity (Wildman–Crippen MR) is 128 cm³/mol. The molecule has 2 aliphatic rings. The van der Waals surface area contributed by atoms with Gasteiger partial charge >= 0.3 is 0 Å². The van der Waals surface area contributed by atoms with Gasteiger partial charge < -0.3 is 19.7 Å². The predicted octanol–water partition coefficient (Wildman–Crippen LogP) is 4.24. The van der Waals surface area contributed by atoms with Gasteiger partial charge in [-0.25, -0.2) is 9.98 Å². The van der Waals surface area contributed by atoms with Crippen molar-refractivity contribution in [3.63, 3.8) is 0 Å². The zero-order chi connectivity index (χ0) is 19.6. The number of nitrogens with one attached hydrogen (secondary N) is 1. The van der Waals surface area contributed by atoms with Crippen LogP contribution in [0.2, 0.25) is 0 Å². The molecule has 3 rings (SSSR count). The maximum atomic E-state index is 6.16. The van der Waals surface area contributed by atoms with E-state index in [4.69, 9.17) is 14.5 Å². The van der Waals surface area contributed by atoms with Crippen LogP contribution in [0.4, 0.5) is 0 Å². The highest BCUT2D eigenvalue weighted by Crippen LogP contribution is 2.25. The molecule has 1 aliphatic carbocycles. The number of pyridine rings is 1. The van der Waals surface area contributed by atoms with Crippen LogP contribution in [0, 0.1) is 5.92 Å². The molecule has 0 radical (unpaired) electrons. The summed E-state index contributed by atoms with van der Waals surface area (Å²) in [6, 6.07) is 4.04. The number of halogens is 1. The zero-order valence-corrected chi connectivity index (χ0v) is 20.3. The van der Waals surface area contributed by atoms with Crippen molar-refractivity contribution in [2.24, 2.45) is 10.9 Å². The van der Waals surface area contributed by atoms with Crippen LogP contribution < -0.4 is 10.1 Å². The van der Waals surface area contributed by atoms with Crippen molar-refractivity contribution < 1.29 is 9.47 Å². The molecule has 0 bridgehead atoms. The number of nitrogens with zero attached hydrogens (tertiary/aromatic N) is 3. The number of aromatic nitrogens is 1. The highest BCUT2D eigenvalue weighted by atomic mass is 127. The van der Waals surface area contributed by atoms with Gasteiger partial charge in [0.05, 0.1) is 6.54 Å². The Labute approximate surface area is 192 Å². The maximum absolute atomic E-state index is 6.16. The highest BCUT2D eigenvalue weighted by molar-refractivity contribution is 14.0. The van der Waals surface area contributed by atoms with Crippen molar-refractivity contribution in [2.75, 3.05) is 33.4 Å². The van der Waals surface area contributed by atoms with E-state index in [1.54, 1.807) is 0 Å². The summed E-state index contributed by atoms with van der Waals surface area (Å²) in [7, 11) is 2.13. The number of hydrogen-bond donors (Lipinski definition) is 1. The Bertz CT molecular complexity index is 617. The zero-order valence-electron chi connectivity index (χ0n) is 17.9. The molecule has 1 N–H and O–H groups in total. The molecule has 164 valence electrons. The molecule has 0 aromatic carbocycles. The van der Waals surface area contributed by atoms with Crippen molar-refractivity contribution in [3.05, 3.63) is 23.9 Å². The Balaban J connectivity index is 0.00000300. The van der Waals surface area contributed by atoms with Gasteiger partial charge in [-0.15, -0.1) is 24.0 Å². The van der Waals surface area contributed by atoms with Gasteiger partial charge in [0.25, 0.3) is 0 Å². The van der Waals surface area contributed by atoms with Crippen LogP contribution in [0.1, 0.15) is 57.4 Å². The van der Waals surface area contributed by atoms with Crippen molar-refractivity contribution in [3.8, 4) is 5.88 Å². The summed E-state index contributed by atoms with van der Waals surface area (Å²) in [5.41, 5.74) is 1.06. The van der Waals surface area contributed by atoms with Crippen LogP contribution >= 0.6 is 24.0 Å². The Morgan fingerprint density at radius 3 is 2.76 bits per heavy atom. The summed E-state index contributed by atoms with van der Waals surface area (Å²) in [6.45, 7) is 6.38. The smallest absolute Gasteiger partial charge is 0.218 e. The normalized spacial score (nSPS) is 18.3. The summed E-state index contributed by atoms with van der Waals surface area (Å²) >= 11 is 0. The van der Waals surface area contributed by atoms with E-state index < -0.39 is 0 Å². The lowest BCUT2D eigenvalue weighted by Gasteiger charge is -2.27. The van der Waals surface area contributed by atoms with Gasteiger partial charge in [0.2, 0.25) is 5.88 Å².